The molecule has 0 amide bonds. The molecular formula is C20H25N3O2. The van der Waals surface area contributed by atoms with Gasteiger partial charge in [-0.3, -0.25) is 9.78 Å². The van der Waals surface area contributed by atoms with E-state index in [1.54, 1.807) is 0 Å². The summed E-state index contributed by atoms with van der Waals surface area (Å²) in [5.74, 6) is 0.0882. The number of rotatable bonds is 7. The Morgan fingerprint density at radius 1 is 1.40 bits per heavy atom. The second-order valence-electron chi connectivity index (χ2n) is 6.82. The molecule has 0 spiro atoms. The van der Waals surface area contributed by atoms with E-state index in [9.17, 15) is 4.79 Å². The number of carbonyl (C=O) groups is 1. The highest BCUT2D eigenvalue weighted by Gasteiger charge is 2.18. The number of hydrogen-bond donors (Lipinski definition) is 3. The second kappa shape index (κ2) is 8.12. The van der Waals surface area contributed by atoms with Gasteiger partial charge in [0.2, 0.25) is 0 Å². The molecule has 5 heteroatoms. The van der Waals surface area contributed by atoms with Gasteiger partial charge in [-0.1, -0.05) is 31.2 Å². The Labute approximate surface area is 148 Å². The maximum absolute atomic E-state index is 10.9. The summed E-state index contributed by atoms with van der Waals surface area (Å²) in [7, 11) is 0. The summed E-state index contributed by atoms with van der Waals surface area (Å²) in [6, 6.07) is 11.9. The van der Waals surface area contributed by atoms with Crippen LogP contribution >= 0.6 is 0 Å². The number of pyridine rings is 1. The molecule has 1 aromatic carbocycles. The van der Waals surface area contributed by atoms with Crippen molar-refractivity contribution in [3.63, 3.8) is 0 Å². The Morgan fingerprint density at radius 3 is 3.12 bits per heavy atom. The van der Waals surface area contributed by atoms with Crippen LogP contribution in [0.1, 0.15) is 29.7 Å². The topological polar surface area (TPSA) is 74.2 Å². The smallest absolute Gasteiger partial charge is 0.307 e. The number of aromatic nitrogens is 1. The maximum Gasteiger partial charge on any atom is 0.307 e. The van der Waals surface area contributed by atoms with Gasteiger partial charge in [0.25, 0.3) is 0 Å². The summed E-state index contributed by atoms with van der Waals surface area (Å²) < 4.78 is 0. The Bertz CT molecular complexity index is 732. The summed E-state index contributed by atoms with van der Waals surface area (Å²) in [5.41, 5.74) is 4.34. The average Bonchev–Trinajstić information content (AvgIpc) is 2.61. The number of carboxylic acid groups (broad SMARTS) is 1. The van der Waals surface area contributed by atoms with E-state index in [0.717, 1.165) is 43.0 Å². The first-order chi connectivity index (χ1) is 12.1. The van der Waals surface area contributed by atoms with Crippen molar-refractivity contribution in [3.05, 3.63) is 59.4 Å². The SMILES string of the molecule is CC(CNC[C@@H]1CNc2cccnc2C1)c1cccc(CC(=O)O)c1. The molecule has 1 aliphatic rings. The van der Waals surface area contributed by atoms with Gasteiger partial charge in [0.15, 0.2) is 0 Å². The Balaban J connectivity index is 1.48. The molecule has 2 aromatic rings. The van der Waals surface area contributed by atoms with Crippen molar-refractivity contribution < 1.29 is 9.90 Å². The summed E-state index contributed by atoms with van der Waals surface area (Å²) >= 11 is 0. The van der Waals surface area contributed by atoms with Gasteiger partial charge < -0.3 is 15.7 Å². The predicted octanol–water partition coefficient (Wildman–Crippen LogP) is 2.69. The van der Waals surface area contributed by atoms with Gasteiger partial charge in [-0.05, 0) is 41.5 Å². The summed E-state index contributed by atoms with van der Waals surface area (Å²) in [4.78, 5) is 15.3. The molecule has 1 aliphatic heterocycles. The van der Waals surface area contributed by atoms with Crippen LogP contribution in [-0.4, -0.2) is 35.7 Å². The zero-order valence-electron chi connectivity index (χ0n) is 14.5. The Morgan fingerprint density at radius 2 is 2.28 bits per heavy atom. The van der Waals surface area contributed by atoms with Gasteiger partial charge in [-0.15, -0.1) is 0 Å². The summed E-state index contributed by atoms with van der Waals surface area (Å²) in [6.45, 7) is 4.96. The second-order valence-corrected chi connectivity index (χ2v) is 6.82. The molecule has 2 heterocycles. The number of anilines is 1. The van der Waals surface area contributed by atoms with E-state index in [-0.39, 0.29) is 6.42 Å². The van der Waals surface area contributed by atoms with E-state index >= 15 is 0 Å². The monoisotopic (exact) mass is 339 g/mol. The van der Waals surface area contributed by atoms with Crippen LogP contribution < -0.4 is 10.6 Å². The maximum atomic E-state index is 10.9. The van der Waals surface area contributed by atoms with Crippen molar-refractivity contribution in [1.82, 2.24) is 10.3 Å². The average molecular weight is 339 g/mol. The van der Waals surface area contributed by atoms with Crippen LogP contribution in [0.4, 0.5) is 5.69 Å². The normalized spacial score (nSPS) is 17.4. The molecule has 0 saturated heterocycles. The quantitative estimate of drug-likeness (QED) is 0.723. The Hall–Kier alpha value is -2.40. The number of nitrogens with one attached hydrogen (secondary N) is 2. The molecule has 3 N–H and O–H groups in total. The third-order valence-corrected chi connectivity index (χ3v) is 4.71. The first kappa shape index (κ1) is 17.4. The molecule has 5 nitrogen and oxygen atoms in total. The minimum atomic E-state index is -0.790. The fourth-order valence-electron chi connectivity index (χ4n) is 3.31. The predicted molar refractivity (Wildman–Crippen MR) is 99.0 cm³/mol. The van der Waals surface area contributed by atoms with E-state index in [2.05, 4.69) is 34.7 Å². The van der Waals surface area contributed by atoms with Gasteiger partial charge in [-0.25, -0.2) is 0 Å². The van der Waals surface area contributed by atoms with Crippen LogP contribution in [0.15, 0.2) is 42.6 Å². The zero-order chi connectivity index (χ0) is 17.6. The van der Waals surface area contributed by atoms with Crippen LogP contribution in [0.25, 0.3) is 0 Å². The first-order valence-corrected chi connectivity index (χ1v) is 8.81. The molecule has 0 fully saturated rings. The molecule has 0 saturated carbocycles. The van der Waals surface area contributed by atoms with Gasteiger partial charge in [-0.2, -0.15) is 0 Å². The van der Waals surface area contributed by atoms with Crippen LogP contribution in [0, 0.1) is 5.92 Å². The van der Waals surface area contributed by atoms with E-state index in [1.165, 1.54) is 5.56 Å². The number of fused-ring (bicyclic) bond motifs is 1. The lowest BCUT2D eigenvalue weighted by atomic mass is 9.96. The van der Waals surface area contributed by atoms with Gasteiger partial charge in [0.1, 0.15) is 0 Å². The minimum Gasteiger partial charge on any atom is -0.481 e. The van der Waals surface area contributed by atoms with E-state index in [1.807, 2.05) is 30.5 Å². The highest BCUT2D eigenvalue weighted by atomic mass is 16.4. The van der Waals surface area contributed by atoms with Crippen LogP contribution in [0.5, 0.6) is 0 Å². The standard InChI is InChI=1S/C20H25N3O2/c1-14(17-5-2-4-15(8-17)10-20(24)25)11-21-12-16-9-19-18(23-13-16)6-3-7-22-19/h2-8,14,16,21,23H,9-13H2,1H3,(H,24,25)/t14?,16-/m1/s1. The largest absolute Gasteiger partial charge is 0.481 e. The van der Waals surface area contributed by atoms with Crippen molar-refractivity contribution in [2.75, 3.05) is 25.0 Å². The van der Waals surface area contributed by atoms with Crippen molar-refractivity contribution in [1.29, 1.82) is 0 Å². The zero-order valence-corrected chi connectivity index (χ0v) is 14.5. The third-order valence-electron chi connectivity index (χ3n) is 4.71. The van der Waals surface area contributed by atoms with Crippen LogP contribution in [0.2, 0.25) is 0 Å². The fourth-order valence-corrected chi connectivity index (χ4v) is 3.31. The highest BCUT2D eigenvalue weighted by molar-refractivity contribution is 5.70. The Kier molecular flexibility index (Phi) is 5.66. The minimum absolute atomic E-state index is 0.0775. The molecule has 0 aliphatic carbocycles. The van der Waals surface area contributed by atoms with Crippen molar-refractivity contribution in [3.8, 4) is 0 Å². The van der Waals surface area contributed by atoms with E-state index in [4.69, 9.17) is 5.11 Å². The van der Waals surface area contributed by atoms with Gasteiger partial charge in [0.05, 0.1) is 17.8 Å². The summed E-state index contributed by atoms with van der Waals surface area (Å²) in [6.07, 6.45) is 2.93. The molecule has 0 radical (unpaired) electrons. The van der Waals surface area contributed by atoms with Gasteiger partial charge in [0, 0.05) is 25.8 Å². The molecule has 0 bridgehead atoms. The molecule has 1 unspecified atom stereocenters. The number of aliphatic carboxylic acids is 1. The van der Waals surface area contributed by atoms with Crippen molar-refractivity contribution in [2.45, 2.75) is 25.7 Å². The van der Waals surface area contributed by atoms with Crippen LogP contribution in [0.3, 0.4) is 0 Å². The van der Waals surface area contributed by atoms with E-state index in [0.29, 0.717) is 11.8 Å². The number of carboxylic acids is 1. The lowest BCUT2D eigenvalue weighted by Gasteiger charge is -2.26. The lowest BCUT2D eigenvalue weighted by Crippen LogP contribution is -2.34. The van der Waals surface area contributed by atoms with Gasteiger partial charge >= 0.3 is 5.97 Å². The summed E-state index contributed by atoms with van der Waals surface area (Å²) in [5, 5.41) is 15.9. The number of benzene rings is 1. The number of nitrogens with zero attached hydrogens (tertiary/aromatic N) is 1. The molecule has 132 valence electrons. The number of hydrogen-bond acceptors (Lipinski definition) is 4. The van der Waals surface area contributed by atoms with Crippen molar-refractivity contribution in [2.24, 2.45) is 5.92 Å². The highest BCUT2D eigenvalue weighted by Crippen LogP contribution is 2.22. The molecule has 2 atom stereocenters. The molecular weight excluding hydrogens is 314 g/mol. The van der Waals surface area contributed by atoms with Crippen molar-refractivity contribution >= 4 is 11.7 Å². The fraction of sp³-hybridized carbons (Fsp3) is 0.400. The van der Waals surface area contributed by atoms with Crippen LogP contribution in [-0.2, 0) is 17.6 Å². The van der Waals surface area contributed by atoms with E-state index < -0.39 is 5.97 Å². The third kappa shape index (κ3) is 4.79. The first-order valence-electron chi connectivity index (χ1n) is 8.81. The molecule has 1 aromatic heterocycles. The molecule has 3 rings (SSSR count). The molecule has 25 heavy (non-hydrogen) atoms. The lowest BCUT2D eigenvalue weighted by molar-refractivity contribution is -0.136.